The Balaban J connectivity index is 1.15. The molecule has 0 saturated carbocycles. The Morgan fingerprint density at radius 1 is 0.861 bits per heavy atom. The van der Waals surface area contributed by atoms with E-state index >= 15 is 0 Å². The van der Waals surface area contributed by atoms with E-state index < -0.39 is 0 Å². The van der Waals surface area contributed by atoms with Gasteiger partial charge in [0.25, 0.3) is 5.91 Å². The molecule has 1 atom stereocenters. The average Bonchev–Trinajstić information content (AvgIpc) is 3.29. The van der Waals surface area contributed by atoms with Gasteiger partial charge in [0.2, 0.25) is 5.91 Å². The lowest BCUT2D eigenvalue weighted by atomic mass is 10.1. The summed E-state index contributed by atoms with van der Waals surface area (Å²) in [7, 11) is 0. The summed E-state index contributed by atoms with van der Waals surface area (Å²) in [6.07, 6.45) is 4.34. The van der Waals surface area contributed by atoms with Gasteiger partial charge >= 0.3 is 0 Å². The smallest absolute Gasteiger partial charge is 0.253 e. The predicted molar refractivity (Wildman–Crippen MR) is 146 cm³/mol. The lowest BCUT2D eigenvalue weighted by Gasteiger charge is -2.34. The summed E-state index contributed by atoms with van der Waals surface area (Å²) in [6.45, 7) is 4.71. The first-order chi connectivity index (χ1) is 17.7. The van der Waals surface area contributed by atoms with Crippen LogP contribution >= 0.6 is 11.8 Å². The summed E-state index contributed by atoms with van der Waals surface area (Å²) in [5.74, 6) is 0.728. The van der Waals surface area contributed by atoms with E-state index in [1.165, 1.54) is 5.56 Å². The third-order valence-electron chi connectivity index (χ3n) is 6.74. The Morgan fingerprint density at radius 3 is 2.22 bits per heavy atom. The second-order valence-electron chi connectivity index (χ2n) is 9.20. The van der Waals surface area contributed by atoms with Crippen molar-refractivity contribution in [2.45, 2.75) is 11.9 Å². The van der Waals surface area contributed by atoms with Crippen LogP contribution in [0.3, 0.4) is 0 Å². The zero-order chi connectivity index (χ0) is 24.7. The first-order valence-corrected chi connectivity index (χ1v) is 13.5. The highest BCUT2D eigenvalue weighted by Crippen LogP contribution is 2.39. The van der Waals surface area contributed by atoms with Crippen LogP contribution in [-0.2, 0) is 11.3 Å². The Labute approximate surface area is 217 Å². The van der Waals surface area contributed by atoms with Crippen molar-refractivity contribution in [2.24, 2.45) is 0 Å². The molecule has 0 radical (unpaired) electrons. The van der Waals surface area contributed by atoms with E-state index in [0.29, 0.717) is 17.9 Å². The Hall–Kier alpha value is -3.35. The van der Waals surface area contributed by atoms with E-state index in [4.69, 9.17) is 0 Å². The monoisotopic (exact) mass is 497 g/mol. The molecule has 5 nitrogen and oxygen atoms in total. The number of rotatable bonds is 7. The summed E-state index contributed by atoms with van der Waals surface area (Å²) in [4.78, 5) is 31.9. The average molecular weight is 498 g/mol. The van der Waals surface area contributed by atoms with Crippen molar-refractivity contribution < 1.29 is 9.59 Å². The van der Waals surface area contributed by atoms with E-state index in [1.54, 1.807) is 11.8 Å². The zero-order valence-electron chi connectivity index (χ0n) is 20.3. The molecule has 2 amide bonds. The number of hydrogen-bond donors (Lipinski definition) is 0. The van der Waals surface area contributed by atoms with Crippen LogP contribution < -0.4 is 0 Å². The molecule has 5 rings (SSSR count). The van der Waals surface area contributed by atoms with Crippen molar-refractivity contribution in [3.8, 4) is 0 Å². The maximum atomic E-state index is 13.1. The van der Waals surface area contributed by atoms with Crippen LogP contribution in [0, 0.1) is 0 Å². The summed E-state index contributed by atoms with van der Waals surface area (Å²) in [5.41, 5.74) is 4.10. The number of thioether (sulfide) groups is 1. The molecular weight excluding hydrogens is 466 g/mol. The number of carbonyl (C=O) groups excluding carboxylic acids is 2. The molecule has 6 heteroatoms. The third-order valence-corrected chi connectivity index (χ3v) is 8.00. The molecule has 0 spiro atoms. The minimum Gasteiger partial charge on any atom is -0.336 e. The third kappa shape index (κ3) is 5.89. The fraction of sp³-hybridized carbons (Fsp3) is 0.267. The maximum Gasteiger partial charge on any atom is 0.253 e. The van der Waals surface area contributed by atoms with Crippen LogP contribution in [-0.4, -0.2) is 65.0 Å². The number of nitrogens with zero attached hydrogens (tertiary/aromatic N) is 3. The summed E-state index contributed by atoms with van der Waals surface area (Å²) < 4.78 is 0. The highest BCUT2D eigenvalue weighted by molar-refractivity contribution is 8.00. The van der Waals surface area contributed by atoms with E-state index in [2.05, 4.69) is 41.3 Å². The largest absolute Gasteiger partial charge is 0.336 e. The molecule has 2 aliphatic rings. The molecule has 0 bridgehead atoms. The molecule has 0 aliphatic carbocycles. The van der Waals surface area contributed by atoms with Gasteiger partial charge in [-0.25, -0.2) is 0 Å². The summed E-state index contributed by atoms with van der Waals surface area (Å²) >= 11 is 1.65. The van der Waals surface area contributed by atoms with E-state index in [0.717, 1.165) is 43.9 Å². The van der Waals surface area contributed by atoms with E-state index in [1.807, 2.05) is 70.5 Å². The van der Waals surface area contributed by atoms with Crippen molar-refractivity contribution in [1.29, 1.82) is 0 Å². The Kier molecular flexibility index (Phi) is 7.84. The number of carbonyl (C=O) groups is 2. The highest BCUT2D eigenvalue weighted by atomic mass is 32.2. The van der Waals surface area contributed by atoms with Crippen LogP contribution in [0.1, 0.15) is 32.4 Å². The Bertz CT molecular complexity index is 1190. The quantitative estimate of drug-likeness (QED) is 0.464. The normalized spacial score (nSPS) is 18.8. The van der Waals surface area contributed by atoms with Gasteiger partial charge in [0.05, 0.1) is 5.75 Å². The molecule has 3 aromatic carbocycles. The van der Waals surface area contributed by atoms with Crippen molar-refractivity contribution in [3.05, 3.63) is 113 Å². The minimum absolute atomic E-state index is 0.0191. The van der Waals surface area contributed by atoms with Gasteiger partial charge in [-0.3, -0.25) is 14.5 Å². The fourth-order valence-electron chi connectivity index (χ4n) is 4.69. The number of benzene rings is 3. The van der Waals surface area contributed by atoms with Gasteiger partial charge in [0.1, 0.15) is 5.37 Å². The molecule has 2 saturated heterocycles. The van der Waals surface area contributed by atoms with Gasteiger partial charge in [0, 0.05) is 44.8 Å². The molecular formula is C30H31N3O2S. The van der Waals surface area contributed by atoms with Gasteiger partial charge in [-0.05, 0) is 28.8 Å². The van der Waals surface area contributed by atoms with Crippen molar-refractivity contribution in [2.75, 3.05) is 38.5 Å². The van der Waals surface area contributed by atoms with Gasteiger partial charge in [0.15, 0.2) is 0 Å². The Morgan fingerprint density at radius 2 is 1.53 bits per heavy atom. The van der Waals surface area contributed by atoms with Crippen LogP contribution in [0.25, 0.3) is 6.08 Å². The van der Waals surface area contributed by atoms with Crippen molar-refractivity contribution >= 4 is 29.7 Å². The van der Waals surface area contributed by atoms with Crippen molar-refractivity contribution in [3.63, 3.8) is 0 Å². The molecule has 0 aromatic heterocycles. The van der Waals surface area contributed by atoms with Crippen LogP contribution in [0.4, 0.5) is 0 Å². The molecule has 36 heavy (non-hydrogen) atoms. The molecule has 0 N–H and O–H groups in total. The van der Waals surface area contributed by atoms with Gasteiger partial charge in [-0.2, -0.15) is 0 Å². The SMILES string of the molecule is O=C(c1ccc([C@@H]2SCC(=O)N2Cc2ccccc2)cc1)N1CCN(C/C=C/c2ccccc2)CC1. The second kappa shape index (κ2) is 11.6. The summed E-state index contributed by atoms with van der Waals surface area (Å²) in [6, 6.07) is 28.2. The van der Waals surface area contributed by atoms with Gasteiger partial charge in [-0.15, -0.1) is 11.8 Å². The minimum atomic E-state index is -0.0191. The number of piperazine rings is 1. The van der Waals surface area contributed by atoms with Crippen molar-refractivity contribution in [1.82, 2.24) is 14.7 Å². The number of amides is 2. The zero-order valence-corrected chi connectivity index (χ0v) is 21.1. The second-order valence-corrected chi connectivity index (χ2v) is 10.3. The fourth-order valence-corrected chi connectivity index (χ4v) is 5.88. The lowest BCUT2D eigenvalue weighted by Crippen LogP contribution is -2.48. The first kappa shape index (κ1) is 24.3. The molecule has 2 aliphatic heterocycles. The molecule has 184 valence electrons. The lowest BCUT2D eigenvalue weighted by molar-refractivity contribution is -0.128. The number of hydrogen-bond acceptors (Lipinski definition) is 4. The standard InChI is InChI=1S/C30H31N3O2S/c34-28-23-36-30(33(28)22-25-10-5-2-6-11-25)27-15-13-26(14-16-27)29(35)32-20-18-31(19-21-32)17-7-12-24-8-3-1-4-9-24/h1-16,30H,17-23H2/b12-7+/t30-/m0/s1. The first-order valence-electron chi connectivity index (χ1n) is 12.5. The maximum absolute atomic E-state index is 13.1. The highest BCUT2D eigenvalue weighted by Gasteiger charge is 2.33. The van der Waals surface area contributed by atoms with Crippen LogP contribution in [0.15, 0.2) is 91.0 Å². The molecule has 2 heterocycles. The molecule has 3 aromatic rings. The van der Waals surface area contributed by atoms with E-state index in [9.17, 15) is 9.59 Å². The molecule has 0 unspecified atom stereocenters. The van der Waals surface area contributed by atoms with Crippen LogP contribution in [0.5, 0.6) is 0 Å². The van der Waals surface area contributed by atoms with Crippen LogP contribution in [0.2, 0.25) is 0 Å². The van der Waals surface area contributed by atoms with E-state index in [-0.39, 0.29) is 17.2 Å². The predicted octanol–water partition coefficient (Wildman–Crippen LogP) is 4.93. The topological polar surface area (TPSA) is 43.9 Å². The van der Waals surface area contributed by atoms with Gasteiger partial charge < -0.3 is 9.80 Å². The summed E-state index contributed by atoms with van der Waals surface area (Å²) in [5, 5.41) is -0.0191. The van der Waals surface area contributed by atoms with Gasteiger partial charge in [-0.1, -0.05) is 84.9 Å². The molecule has 2 fully saturated rings.